The number of hydrogen-bond acceptors (Lipinski definition) is 6. The molecule has 0 radical (unpaired) electrons. The second-order valence-electron chi connectivity index (χ2n) is 8.34. The van der Waals surface area contributed by atoms with Crippen molar-refractivity contribution in [3.8, 4) is 0 Å². The Bertz CT molecular complexity index is 702. The van der Waals surface area contributed by atoms with E-state index in [1.165, 1.54) is 6.42 Å². The third kappa shape index (κ3) is 3.94. The van der Waals surface area contributed by atoms with Crippen LogP contribution in [0, 0.1) is 0 Å². The SMILES string of the molecule is CC(=O)N1CCc2nc([C@@H]3CCCN(C)C3)nc(N3CCC(O)CC3)c2C1. The summed E-state index contributed by atoms with van der Waals surface area (Å²) in [5, 5.41) is 9.90. The van der Waals surface area contributed by atoms with Crippen LogP contribution < -0.4 is 4.90 Å². The van der Waals surface area contributed by atoms with Gasteiger partial charge in [-0.05, 0) is 39.3 Å². The van der Waals surface area contributed by atoms with Crippen LogP contribution in [0.5, 0.6) is 0 Å². The predicted molar refractivity (Wildman–Crippen MR) is 104 cm³/mol. The Morgan fingerprint density at radius 3 is 2.59 bits per heavy atom. The highest BCUT2D eigenvalue weighted by atomic mass is 16.3. The van der Waals surface area contributed by atoms with E-state index in [0.717, 1.165) is 81.3 Å². The number of aliphatic hydroxyl groups is 1. The Hall–Kier alpha value is -1.73. The van der Waals surface area contributed by atoms with Crippen LogP contribution in [0.3, 0.4) is 0 Å². The maximum Gasteiger partial charge on any atom is 0.219 e. The second-order valence-corrected chi connectivity index (χ2v) is 8.34. The molecule has 7 nitrogen and oxygen atoms in total. The van der Waals surface area contributed by atoms with Gasteiger partial charge in [-0.25, -0.2) is 9.97 Å². The third-order valence-corrected chi connectivity index (χ3v) is 6.25. The van der Waals surface area contributed by atoms with Crippen molar-refractivity contribution >= 4 is 11.7 Å². The lowest BCUT2D eigenvalue weighted by Crippen LogP contribution is -2.41. The van der Waals surface area contributed by atoms with Crippen molar-refractivity contribution in [2.45, 2.75) is 57.6 Å². The van der Waals surface area contributed by atoms with E-state index in [9.17, 15) is 9.90 Å². The number of rotatable bonds is 2. The summed E-state index contributed by atoms with van der Waals surface area (Å²) in [4.78, 5) is 28.5. The molecule has 1 amide bonds. The number of aliphatic hydroxyl groups excluding tert-OH is 1. The molecule has 3 aliphatic rings. The van der Waals surface area contributed by atoms with Crippen LogP contribution in [-0.2, 0) is 17.8 Å². The number of carbonyl (C=O) groups is 1. The van der Waals surface area contributed by atoms with Gasteiger partial charge >= 0.3 is 0 Å². The minimum Gasteiger partial charge on any atom is -0.393 e. The molecule has 27 heavy (non-hydrogen) atoms. The largest absolute Gasteiger partial charge is 0.393 e. The number of aromatic nitrogens is 2. The monoisotopic (exact) mass is 373 g/mol. The van der Waals surface area contributed by atoms with Crippen LogP contribution in [0.2, 0.25) is 0 Å². The Kier molecular flexibility index (Phi) is 5.32. The highest BCUT2D eigenvalue weighted by Crippen LogP contribution is 2.32. The smallest absolute Gasteiger partial charge is 0.219 e. The normalized spacial score (nSPS) is 24.8. The summed E-state index contributed by atoms with van der Waals surface area (Å²) in [6.45, 7) is 6.76. The lowest BCUT2D eigenvalue weighted by Gasteiger charge is -2.36. The number of fused-ring (bicyclic) bond motifs is 1. The van der Waals surface area contributed by atoms with Gasteiger partial charge in [0.15, 0.2) is 0 Å². The second kappa shape index (κ2) is 7.72. The molecule has 1 aromatic heterocycles. The quantitative estimate of drug-likeness (QED) is 0.839. The number of anilines is 1. The summed E-state index contributed by atoms with van der Waals surface area (Å²) >= 11 is 0. The average molecular weight is 374 g/mol. The zero-order chi connectivity index (χ0) is 19.0. The Morgan fingerprint density at radius 1 is 1.11 bits per heavy atom. The van der Waals surface area contributed by atoms with Gasteiger partial charge in [-0.2, -0.15) is 0 Å². The first kappa shape index (κ1) is 18.6. The van der Waals surface area contributed by atoms with Crippen molar-refractivity contribution in [2.24, 2.45) is 0 Å². The zero-order valence-corrected chi connectivity index (χ0v) is 16.5. The summed E-state index contributed by atoms with van der Waals surface area (Å²) in [6, 6.07) is 0. The van der Waals surface area contributed by atoms with Crippen LogP contribution in [0.4, 0.5) is 5.82 Å². The zero-order valence-electron chi connectivity index (χ0n) is 16.5. The summed E-state index contributed by atoms with van der Waals surface area (Å²) in [6.07, 6.45) is 4.47. The number of nitrogens with zero attached hydrogens (tertiary/aromatic N) is 5. The fourth-order valence-electron chi connectivity index (χ4n) is 4.58. The molecule has 148 valence electrons. The molecule has 2 fully saturated rings. The van der Waals surface area contributed by atoms with Crippen LogP contribution >= 0.6 is 0 Å². The number of hydrogen-bond donors (Lipinski definition) is 1. The first-order valence-corrected chi connectivity index (χ1v) is 10.3. The summed E-state index contributed by atoms with van der Waals surface area (Å²) in [5.74, 6) is 2.46. The molecular weight excluding hydrogens is 342 g/mol. The molecule has 1 aromatic rings. The number of piperidine rings is 2. The van der Waals surface area contributed by atoms with Crippen molar-refractivity contribution in [2.75, 3.05) is 44.7 Å². The van der Waals surface area contributed by atoms with E-state index in [-0.39, 0.29) is 12.0 Å². The van der Waals surface area contributed by atoms with E-state index in [1.54, 1.807) is 6.92 Å². The molecule has 0 unspecified atom stereocenters. The first-order chi connectivity index (χ1) is 13.0. The van der Waals surface area contributed by atoms with Crippen molar-refractivity contribution < 1.29 is 9.90 Å². The average Bonchev–Trinajstić information content (AvgIpc) is 2.67. The minimum absolute atomic E-state index is 0.110. The molecule has 0 spiro atoms. The van der Waals surface area contributed by atoms with E-state index in [4.69, 9.17) is 9.97 Å². The Morgan fingerprint density at radius 2 is 1.89 bits per heavy atom. The molecule has 0 saturated carbocycles. The molecular formula is C20H31N5O2. The van der Waals surface area contributed by atoms with Crippen molar-refractivity contribution in [1.82, 2.24) is 19.8 Å². The van der Waals surface area contributed by atoms with Gasteiger partial charge in [0.2, 0.25) is 5.91 Å². The molecule has 4 rings (SSSR count). The van der Waals surface area contributed by atoms with Crippen molar-refractivity contribution in [3.05, 3.63) is 17.1 Å². The van der Waals surface area contributed by atoms with Gasteiger partial charge in [-0.3, -0.25) is 4.79 Å². The topological polar surface area (TPSA) is 72.8 Å². The highest BCUT2D eigenvalue weighted by Gasteiger charge is 2.30. The fraction of sp³-hybridized carbons (Fsp3) is 0.750. The molecule has 7 heteroatoms. The number of amides is 1. The van der Waals surface area contributed by atoms with Gasteiger partial charge in [0, 0.05) is 51.0 Å². The lowest BCUT2D eigenvalue weighted by atomic mass is 9.96. The van der Waals surface area contributed by atoms with Crippen molar-refractivity contribution in [1.29, 1.82) is 0 Å². The molecule has 3 aliphatic heterocycles. The van der Waals surface area contributed by atoms with Gasteiger partial charge in [0.1, 0.15) is 11.6 Å². The standard InChI is InChI=1S/C20H31N5O2/c1-14(26)25-11-7-18-17(13-25)20(24-9-5-16(27)6-10-24)22-19(21-18)15-4-3-8-23(2)12-15/h15-16,27H,3-13H2,1-2H3/t15-/m1/s1. The van der Waals surface area contributed by atoms with E-state index in [0.29, 0.717) is 12.5 Å². The lowest BCUT2D eigenvalue weighted by molar-refractivity contribution is -0.129. The van der Waals surface area contributed by atoms with Crippen LogP contribution in [0.15, 0.2) is 0 Å². The maximum absolute atomic E-state index is 11.9. The van der Waals surface area contributed by atoms with E-state index >= 15 is 0 Å². The highest BCUT2D eigenvalue weighted by molar-refractivity contribution is 5.74. The summed E-state index contributed by atoms with van der Waals surface area (Å²) in [5.41, 5.74) is 2.23. The molecule has 1 atom stereocenters. The van der Waals surface area contributed by atoms with Crippen LogP contribution in [-0.4, -0.2) is 76.7 Å². The minimum atomic E-state index is -0.209. The van der Waals surface area contributed by atoms with E-state index in [2.05, 4.69) is 16.8 Å². The Balaban J connectivity index is 1.69. The molecule has 0 aliphatic carbocycles. The van der Waals surface area contributed by atoms with Gasteiger partial charge in [0.25, 0.3) is 0 Å². The van der Waals surface area contributed by atoms with Crippen LogP contribution in [0.25, 0.3) is 0 Å². The molecule has 0 aromatic carbocycles. The maximum atomic E-state index is 11.9. The van der Waals surface area contributed by atoms with Crippen molar-refractivity contribution in [3.63, 3.8) is 0 Å². The number of carbonyl (C=O) groups excluding carboxylic acids is 1. The fourth-order valence-corrected chi connectivity index (χ4v) is 4.58. The van der Waals surface area contributed by atoms with Gasteiger partial charge in [-0.15, -0.1) is 0 Å². The molecule has 1 N–H and O–H groups in total. The first-order valence-electron chi connectivity index (χ1n) is 10.3. The van der Waals surface area contributed by atoms with Crippen LogP contribution in [0.1, 0.15) is 55.6 Å². The van der Waals surface area contributed by atoms with Gasteiger partial charge in [0.05, 0.1) is 18.3 Å². The van der Waals surface area contributed by atoms with E-state index < -0.39 is 0 Å². The van der Waals surface area contributed by atoms with Gasteiger partial charge < -0.3 is 19.8 Å². The summed E-state index contributed by atoms with van der Waals surface area (Å²) < 4.78 is 0. The van der Waals surface area contributed by atoms with Gasteiger partial charge in [-0.1, -0.05) is 0 Å². The predicted octanol–water partition coefficient (Wildman–Crippen LogP) is 1.15. The summed E-state index contributed by atoms with van der Waals surface area (Å²) in [7, 11) is 2.17. The molecule has 2 saturated heterocycles. The van der Waals surface area contributed by atoms with E-state index in [1.807, 2.05) is 4.90 Å². The molecule has 0 bridgehead atoms. The Labute approximate surface area is 161 Å². The number of likely N-dealkylation sites (N-methyl/N-ethyl adjacent to an activating group) is 1. The molecule has 4 heterocycles. The third-order valence-electron chi connectivity index (χ3n) is 6.25. The number of likely N-dealkylation sites (tertiary alicyclic amines) is 1.